The van der Waals surface area contributed by atoms with E-state index in [0.717, 1.165) is 44.1 Å². The monoisotopic (exact) mass is 411 g/mol. The van der Waals surface area contributed by atoms with Gasteiger partial charge in [-0.05, 0) is 74.1 Å². The van der Waals surface area contributed by atoms with E-state index in [2.05, 4.69) is 18.2 Å². The van der Waals surface area contributed by atoms with E-state index in [9.17, 15) is 9.18 Å². The first-order valence-electron chi connectivity index (χ1n) is 11.6. The van der Waals surface area contributed by atoms with E-state index in [0.29, 0.717) is 36.9 Å². The molecule has 164 valence electrons. The highest BCUT2D eigenvalue weighted by molar-refractivity contribution is 6.05. The molecule has 2 nitrogen and oxygen atoms in total. The van der Waals surface area contributed by atoms with Gasteiger partial charge in [-0.2, -0.15) is 0 Å². The Labute approximate surface area is 184 Å². The molecule has 1 saturated carbocycles. The molecule has 1 unspecified atom stereocenters. The van der Waals surface area contributed by atoms with Gasteiger partial charge in [-0.25, -0.2) is 4.39 Å². The number of ketones is 1. The lowest BCUT2D eigenvalue weighted by molar-refractivity contribution is -0.120. The molecule has 1 heterocycles. The third-order valence-corrected chi connectivity index (χ3v) is 6.81. The minimum Gasteiger partial charge on any atom is -0.300 e. The van der Waals surface area contributed by atoms with Crippen molar-refractivity contribution >= 4 is 11.5 Å². The van der Waals surface area contributed by atoms with Gasteiger partial charge in [0.2, 0.25) is 0 Å². The van der Waals surface area contributed by atoms with Crippen LogP contribution in [0.1, 0.15) is 74.1 Å². The van der Waals surface area contributed by atoms with Gasteiger partial charge in [-0.1, -0.05) is 48.8 Å². The van der Waals surface area contributed by atoms with Gasteiger partial charge >= 0.3 is 0 Å². The Morgan fingerprint density at radius 1 is 1.17 bits per heavy atom. The largest absolute Gasteiger partial charge is 0.300 e. The summed E-state index contributed by atoms with van der Waals surface area (Å²) in [5.74, 6) is 1.08. The number of nitrogens with zero attached hydrogens (tertiary/aromatic N) is 1. The first-order valence-corrected chi connectivity index (χ1v) is 11.6. The Morgan fingerprint density at radius 3 is 3.00 bits per heavy atom. The van der Waals surface area contributed by atoms with Crippen LogP contribution in [0.25, 0.3) is 0 Å². The zero-order valence-electron chi connectivity index (χ0n) is 17.8. The fourth-order valence-electron chi connectivity index (χ4n) is 5.17. The summed E-state index contributed by atoms with van der Waals surface area (Å²) in [6.45, 7) is 0. The van der Waals surface area contributed by atoms with Crippen LogP contribution in [0.5, 0.6) is 0 Å². The molecule has 0 N–H and O–H groups in total. The minimum absolute atomic E-state index is 0. The average Bonchev–Trinajstić information content (AvgIpc) is 3.11. The van der Waals surface area contributed by atoms with Crippen molar-refractivity contribution in [2.45, 2.75) is 70.6 Å². The van der Waals surface area contributed by atoms with E-state index in [1.54, 1.807) is 11.6 Å². The Bertz CT molecular complexity index is 906. The molecular formula is C27H38FNO. The molecule has 4 rings (SSSR count). The van der Waals surface area contributed by atoms with Crippen molar-refractivity contribution in [1.29, 1.82) is 0 Å². The van der Waals surface area contributed by atoms with Gasteiger partial charge in [-0.15, -0.1) is 0 Å². The van der Waals surface area contributed by atoms with Crippen LogP contribution in [-0.4, -0.2) is 11.5 Å². The van der Waals surface area contributed by atoms with Gasteiger partial charge < -0.3 is 0 Å². The summed E-state index contributed by atoms with van der Waals surface area (Å²) in [4.78, 5) is 17.4. The van der Waals surface area contributed by atoms with E-state index in [4.69, 9.17) is 4.99 Å². The predicted molar refractivity (Wildman–Crippen MR) is 127 cm³/mol. The molecule has 3 aliphatic rings. The molecule has 2 atom stereocenters. The molecule has 0 amide bonds. The van der Waals surface area contributed by atoms with Crippen LogP contribution < -0.4 is 0 Å². The van der Waals surface area contributed by atoms with Crippen LogP contribution in [0.2, 0.25) is 0 Å². The Balaban J connectivity index is 0.00000181. The summed E-state index contributed by atoms with van der Waals surface area (Å²) in [6, 6.07) is 6.60. The molecule has 0 aromatic heterocycles. The van der Waals surface area contributed by atoms with Crippen molar-refractivity contribution in [3.8, 4) is 0 Å². The number of benzene rings is 1. The zero-order valence-corrected chi connectivity index (χ0v) is 17.8. The highest BCUT2D eigenvalue weighted by Crippen LogP contribution is 2.35. The van der Waals surface area contributed by atoms with E-state index in [1.807, 2.05) is 12.3 Å². The number of hydrogen-bond donors (Lipinski definition) is 0. The van der Waals surface area contributed by atoms with Crippen LogP contribution in [0.3, 0.4) is 0 Å². The average molecular weight is 412 g/mol. The van der Waals surface area contributed by atoms with Crippen LogP contribution in [0.15, 0.2) is 64.8 Å². The first kappa shape index (κ1) is 21.0. The number of rotatable bonds is 6. The number of Topliss-reactive ketones (excluding diaryl/α,β-unsaturated/α-hetero) is 1. The zero-order chi connectivity index (χ0) is 20.8. The number of carbonyl (C=O) groups excluding carboxylic acids is 1. The summed E-state index contributed by atoms with van der Waals surface area (Å²) in [5, 5.41) is 0. The molecule has 0 radical (unpaired) electrons. The minimum atomic E-state index is -0.225. The summed E-state index contributed by atoms with van der Waals surface area (Å²) >= 11 is 0. The smallest absolute Gasteiger partial charge is 0.133 e. The maximum absolute atomic E-state index is 13.3. The van der Waals surface area contributed by atoms with Crippen molar-refractivity contribution in [3.05, 3.63) is 71.2 Å². The number of carbonyl (C=O) groups is 1. The molecular weight excluding hydrogens is 373 g/mol. The van der Waals surface area contributed by atoms with E-state index >= 15 is 0 Å². The van der Waals surface area contributed by atoms with Crippen molar-refractivity contribution in [2.24, 2.45) is 16.8 Å². The van der Waals surface area contributed by atoms with Crippen molar-refractivity contribution in [1.82, 2.24) is 0 Å². The molecule has 3 heteroatoms. The van der Waals surface area contributed by atoms with E-state index < -0.39 is 0 Å². The quantitative estimate of drug-likeness (QED) is 0.442. The summed E-state index contributed by atoms with van der Waals surface area (Å²) < 4.78 is 13.3. The second-order valence-corrected chi connectivity index (χ2v) is 9.01. The van der Waals surface area contributed by atoms with Crippen molar-refractivity contribution in [3.63, 3.8) is 0 Å². The van der Waals surface area contributed by atoms with Gasteiger partial charge in [0.1, 0.15) is 11.6 Å². The lowest BCUT2D eigenvalue weighted by atomic mass is 9.84. The SMILES string of the molecule is O=C(CCc1cccc(F)c1)C[C@@H]1CCCC(C2=NC=CCC3=C2C=CCC3)CC1.[HH].[HH].[HH]. The Kier molecular flexibility index (Phi) is 7.09. The molecule has 1 aromatic rings. The van der Waals surface area contributed by atoms with Gasteiger partial charge in [0, 0.05) is 29.2 Å². The fourth-order valence-corrected chi connectivity index (χ4v) is 5.17. The molecule has 1 aromatic carbocycles. The molecule has 2 aliphatic carbocycles. The third-order valence-electron chi connectivity index (χ3n) is 6.81. The number of aryl methyl sites for hydroxylation is 1. The Hall–Kier alpha value is -2.29. The molecule has 0 spiro atoms. The van der Waals surface area contributed by atoms with Crippen LogP contribution in [0, 0.1) is 17.7 Å². The normalized spacial score (nSPS) is 24.1. The van der Waals surface area contributed by atoms with E-state index in [-0.39, 0.29) is 10.1 Å². The summed E-state index contributed by atoms with van der Waals surface area (Å²) in [7, 11) is 0. The Morgan fingerprint density at radius 2 is 2.10 bits per heavy atom. The van der Waals surface area contributed by atoms with Gasteiger partial charge in [0.25, 0.3) is 0 Å². The second kappa shape index (κ2) is 10.1. The summed E-state index contributed by atoms with van der Waals surface area (Å²) in [5.41, 5.74) is 5.13. The standard InChI is InChI=1S/C27H32FNO.3H2/c28-24-11-4-7-20(18-24)14-16-25(30)19-21-6-3-9-23(15-13-21)27-26-12-2-1-8-22(26)10-5-17-29-27;;;/h2,4-5,7,11-12,17-18,21,23H,1,3,6,8-10,13-16,19H2;3*1H/t21-,23?;;;/m1.../s1. The maximum Gasteiger partial charge on any atom is 0.133 e. The molecule has 1 fully saturated rings. The molecule has 1 aliphatic heterocycles. The van der Waals surface area contributed by atoms with Crippen molar-refractivity contribution in [2.75, 3.05) is 0 Å². The van der Waals surface area contributed by atoms with Crippen LogP contribution in [0.4, 0.5) is 4.39 Å². The topological polar surface area (TPSA) is 29.4 Å². The number of halogens is 1. The van der Waals surface area contributed by atoms with Crippen molar-refractivity contribution < 1.29 is 13.5 Å². The highest BCUT2D eigenvalue weighted by Gasteiger charge is 2.27. The number of hydrogen-bond acceptors (Lipinski definition) is 2. The van der Waals surface area contributed by atoms with Crippen LogP contribution >= 0.6 is 0 Å². The van der Waals surface area contributed by atoms with Crippen LogP contribution in [-0.2, 0) is 11.2 Å². The van der Waals surface area contributed by atoms with Gasteiger partial charge in [0.05, 0.1) is 5.71 Å². The van der Waals surface area contributed by atoms with Gasteiger partial charge in [-0.3, -0.25) is 9.79 Å². The third kappa shape index (κ3) is 5.44. The van der Waals surface area contributed by atoms with E-state index in [1.165, 1.54) is 36.3 Å². The second-order valence-electron chi connectivity index (χ2n) is 9.01. The fraction of sp³-hybridized carbons (Fsp3) is 0.481. The summed E-state index contributed by atoms with van der Waals surface area (Å²) in [6.07, 6.45) is 19.6. The lowest BCUT2D eigenvalue weighted by Gasteiger charge is -2.22. The molecule has 0 saturated heterocycles. The van der Waals surface area contributed by atoms with Gasteiger partial charge in [0.15, 0.2) is 0 Å². The molecule has 0 bridgehead atoms. The number of allylic oxidation sites excluding steroid dienone is 5. The predicted octanol–water partition coefficient (Wildman–Crippen LogP) is 7.66. The number of aliphatic imine (C=N–C) groups is 1. The highest BCUT2D eigenvalue weighted by atomic mass is 19.1. The lowest BCUT2D eigenvalue weighted by Crippen LogP contribution is -2.18. The first-order chi connectivity index (χ1) is 14.7. The maximum atomic E-state index is 13.3. The molecule has 30 heavy (non-hydrogen) atoms.